The van der Waals surface area contributed by atoms with Crippen LogP contribution in [0.5, 0.6) is 0 Å². The number of carbonyl (C=O) groups is 2. The molecule has 0 aliphatic heterocycles. The smallest absolute Gasteiger partial charge is 0.305 e. The first-order valence-corrected chi connectivity index (χ1v) is 34.8. The number of unbranched alkanes of at least 4 members (excludes halogenated alkanes) is 50. The SMILES string of the molecule is CCCCCCCCC/C=C\CCCCCCCCCC(=O)OCCCCCCCCCC/C=C\CCCCCCCCCC(=O)NC(CO)C(O)/C=C/CCCCCCCCCCCCCCCCCCCCCCC. The van der Waals surface area contributed by atoms with E-state index in [1.165, 1.54) is 302 Å². The van der Waals surface area contributed by atoms with E-state index in [4.69, 9.17) is 4.74 Å². The summed E-state index contributed by atoms with van der Waals surface area (Å²) in [6.45, 7) is 4.92. The molecule has 0 aromatic rings. The molecule has 0 saturated carbocycles. The van der Waals surface area contributed by atoms with E-state index in [2.05, 4.69) is 43.5 Å². The van der Waals surface area contributed by atoms with Gasteiger partial charge in [-0.15, -0.1) is 0 Å². The van der Waals surface area contributed by atoms with Crippen LogP contribution < -0.4 is 5.32 Å². The number of amides is 1. The second-order valence-electron chi connectivity index (χ2n) is 23.9. The van der Waals surface area contributed by atoms with Crippen LogP contribution in [-0.4, -0.2) is 47.4 Å². The van der Waals surface area contributed by atoms with Gasteiger partial charge in [-0.25, -0.2) is 0 Å². The molecule has 2 atom stereocenters. The lowest BCUT2D eigenvalue weighted by Crippen LogP contribution is -2.45. The van der Waals surface area contributed by atoms with Crippen molar-refractivity contribution in [3.8, 4) is 0 Å². The van der Waals surface area contributed by atoms with E-state index in [9.17, 15) is 19.8 Å². The molecule has 454 valence electrons. The molecule has 0 radical (unpaired) electrons. The summed E-state index contributed by atoms with van der Waals surface area (Å²) in [7, 11) is 0. The molecular weight excluding hydrogens is 947 g/mol. The van der Waals surface area contributed by atoms with Crippen molar-refractivity contribution in [2.24, 2.45) is 0 Å². The Morgan fingerprint density at radius 1 is 0.351 bits per heavy atom. The Kier molecular flexibility index (Phi) is 64.9. The number of hydrogen-bond acceptors (Lipinski definition) is 5. The highest BCUT2D eigenvalue weighted by Crippen LogP contribution is 2.18. The Morgan fingerprint density at radius 3 is 0.922 bits per heavy atom. The number of rotatable bonds is 65. The first kappa shape index (κ1) is 75.1. The van der Waals surface area contributed by atoms with Gasteiger partial charge in [0.1, 0.15) is 0 Å². The maximum Gasteiger partial charge on any atom is 0.305 e. The molecule has 0 fully saturated rings. The fourth-order valence-corrected chi connectivity index (χ4v) is 10.8. The van der Waals surface area contributed by atoms with Gasteiger partial charge in [-0.1, -0.05) is 320 Å². The Bertz CT molecular complexity index is 1250. The Morgan fingerprint density at radius 2 is 0.610 bits per heavy atom. The predicted molar refractivity (Wildman–Crippen MR) is 338 cm³/mol. The first-order valence-electron chi connectivity index (χ1n) is 34.8. The van der Waals surface area contributed by atoms with Gasteiger partial charge in [0.05, 0.1) is 25.4 Å². The zero-order chi connectivity index (χ0) is 55.7. The standard InChI is InChI=1S/C71H135NO5/c1-3-5-7-9-11-13-15-17-19-21-23-24-25-26-28-31-35-39-43-47-51-55-59-63-69(74)68(67-73)72-70(75)64-60-56-52-48-44-40-36-32-29-27-30-34-38-42-46-50-54-58-62-66-77-71(76)65-61-57-53-49-45-41-37-33-22-20-18-16-14-12-10-8-6-4-2/h20,22,27,29,59,63,68-69,73-74H,3-19,21,23-26,28,30-58,60-62,64-67H2,1-2H3,(H,72,75)/b22-20-,29-27-,63-59+. The van der Waals surface area contributed by atoms with Gasteiger partial charge in [0, 0.05) is 12.8 Å². The first-order chi connectivity index (χ1) is 38.0. The monoisotopic (exact) mass is 1080 g/mol. The summed E-state index contributed by atoms with van der Waals surface area (Å²) < 4.78 is 5.49. The molecule has 2 unspecified atom stereocenters. The molecule has 0 spiro atoms. The molecule has 1 amide bonds. The van der Waals surface area contributed by atoms with Crippen molar-refractivity contribution >= 4 is 11.9 Å². The van der Waals surface area contributed by atoms with E-state index in [-0.39, 0.29) is 18.5 Å². The second kappa shape index (κ2) is 66.6. The minimum absolute atomic E-state index is 0.000948. The molecule has 0 aromatic carbocycles. The van der Waals surface area contributed by atoms with E-state index in [0.29, 0.717) is 19.4 Å². The molecular formula is C71H135NO5. The molecule has 6 nitrogen and oxygen atoms in total. The second-order valence-corrected chi connectivity index (χ2v) is 23.9. The molecule has 0 aliphatic rings. The van der Waals surface area contributed by atoms with Crippen molar-refractivity contribution in [1.29, 1.82) is 0 Å². The van der Waals surface area contributed by atoms with Crippen LogP contribution in [0.2, 0.25) is 0 Å². The van der Waals surface area contributed by atoms with Crippen LogP contribution in [0.3, 0.4) is 0 Å². The summed E-state index contributed by atoms with van der Waals surface area (Å²) in [5.41, 5.74) is 0. The number of aliphatic hydroxyl groups is 2. The lowest BCUT2D eigenvalue weighted by molar-refractivity contribution is -0.143. The van der Waals surface area contributed by atoms with Crippen molar-refractivity contribution in [2.75, 3.05) is 13.2 Å². The number of nitrogens with one attached hydrogen (secondary N) is 1. The van der Waals surface area contributed by atoms with Crippen molar-refractivity contribution < 1.29 is 24.5 Å². The van der Waals surface area contributed by atoms with E-state index in [0.717, 1.165) is 51.4 Å². The highest BCUT2D eigenvalue weighted by atomic mass is 16.5. The number of aliphatic hydroxyl groups excluding tert-OH is 2. The van der Waals surface area contributed by atoms with Crippen LogP contribution in [0.4, 0.5) is 0 Å². The molecule has 6 heteroatoms. The Hall–Kier alpha value is -1.92. The van der Waals surface area contributed by atoms with Crippen LogP contribution in [-0.2, 0) is 14.3 Å². The van der Waals surface area contributed by atoms with E-state index in [1.54, 1.807) is 6.08 Å². The predicted octanol–water partition coefficient (Wildman–Crippen LogP) is 22.3. The van der Waals surface area contributed by atoms with Crippen LogP contribution in [0.25, 0.3) is 0 Å². The molecule has 0 aliphatic carbocycles. The van der Waals surface area contributed by atoms with Gasteiger partial charge in [-0.2, -0.15) is 0 Å². The summed E-state index contributed by atoms with van der Waals surface area (Å²) in [5, 5.41) is 23.2. The molecule has 0 heterocycles. The molecule has 0 bridgehead atoms. The summed E-state index contributed by atoms with van der Waals surface area (Å²) in [4.78, 5) is 24.6. The molecule has 3 N–H and O–H groups in total. The van der Waals surface area contributed by atoms with E-state index < -0.39 is 12.1 Å². The van der Waals surface area contributed by atoms with Crippen molar-refractivity contribution in [1.82, 2.24) is 5.32 Å². The minimum atomic E-state index is -0.853. The van der Waals surface area contributed by atoms with Gasteiger partial charge in [0.15, 0.2) is 0 Å². The average molecular weight is 1080 g/mol. The fourth-order valence-electron chi connectivity index (χ4n) is 10.8. The van der Waals surface area contributed by atoms with Crippen LogP contribution in [0, 0.1) is 0 Å². The lowest BCUT2D eigenvalue weighted by Gasteiger charge is -2.20. The van der Waals surface area contributed by atoms with Gasteiger partial charge >= 0.3 is 5.97 Å². The van der Waals surface area contributed by atoms with E-state index >= 15 is 0 Å². The largest absolute Gasteiger partial charge is 0.466 e. The maximum atomic E-state index is 12.5. The van der Waals surface area contributed by atoms with Crippen LogP contribution in [0.15, 0.2) is 36.5 Å². The summed E-state index contributed by atoms with van der Waals surface area (Å²) in [6, 6.07) is -0.637. The third-order valence-corrected chi connectivity index (χ3v) is 16.1. The summed E-state index contributed by atoms with van der Waals surface area (Å²) in [5.74, 6) is -0.0732. The van der Waals surface area contributed by atoms with Gasteiger partial charge in [0.25, 0.3) is 0 Å². The highest BCUT2D eigenvalue weighted by Gasteiger charge is 2.18. The van der Waals surface area contributed by atoms with Gasteiger partial charge in [-0.3, -0.25) is 9.59 Å². The zero-order valence-electron chi connectivity index (χ0n) is 52.0. The Labute approximate surface area is 481 Å². The van der Waals surface area contributed by atoms with Crippen molar-refractivity contribution in [2.45, 2.75) is 392 Å². The number of esters is 1. The number of ether oxygens (including phenoxy) is 1. The third-order valence-electron chi connectivity index (χ3n) is 16.1. The van der Waals surface area contributed by atoms with Crippen LogP contribution >= 0.6 is 0 Å². The van der Waals surface area contributed by atoms with E-state index in [1.807, 2.05) is 6.08 Å². The van der Waals surface area contributed by atoms with Crippen molar-refractivity contribution in [3.63, 3.8) is 0 Å². The quantitative estimate of drug-likeness (QED) is 0.0320. The molecule has 0 saturated heterocycles. The van der Waals surface area contributed by atoms with Crippen LogP contribution in [0.1, 0.15) is 380 Å². The lowest BCUT2D eigenvalue weighted by atomic mass is 10.0. The van der Waals surface area contributed by atoms with Gasteiger partial charge in [-0.05, 0) is 83.5 Å². The van der Waals surface area contributed by atoms with Gasteiger partial charge in [0.2, 0.25) is 5.91 Å². The third kappa shape index (κ3) is 63.1. The summed E-state index contributed by atoms with van der Waals surface area (Å²) in [6.07, 6.45) is 84.9. The average Bonchev–Trinajstić information content (AvgIpc) is 3.43. The van der Waals surface area contributed by atoms with Crippen molar-refractivity contribution in [3.05, 3.63) is 36.5 Å². The molecule has 0 rings (SSSR count). The fraction of sp³-hybridized carbons (Fsp3) is 0.887. The van der Waals surface area contributed by atoms with Gasteiger partial charge < -0.3 is 20.3 Å². The minimum Gasteiger partial charge on any atom is -0.466 e. The highest BCUT2D eigenvalue weighted by molar-refractivity contribution is 5.76. The number of carbonyl (C=O) groups excluding carboxylic acids is 2. The number of hydrogen-bond donors (Lipinski definition) is 3. The number of allylic oxidation sites excluding steroid dienone is 5. The summed E-state index contributed by atoms with van der Waals surface area (Å²) >= 11 is 0. The zero-order valence-corrected chi connectivity index (χ0v) is 52.0. The maximum absolute atomic E-state index is 12.5. The topological polar surface area (TPSA) is 95.9 Å². The Balaban J connectivity index is 3.46. The molecule has 77 heavy (non-hydrogen) atoms. The normalized spacial score (nSPS) is 12.7. The molecule has 0 aromatic heterocycles.